The van der Waals surface area contributed by atoms with E-state index in [1.165, 1.54) is 4.80 Å². The second-order valence-corrected chi connectivity index (χ2v) is 8.08. The van der Waals surface area contributed by atoms with Gasteiger partial charge < -0.3 is 9.80 Å². The molecule has 0 bridgehead atoms. The molecule has 1 aliphatic rings. The highest BCUT2D eigenvalue weighted by Gasteiger charge is 2.28. The summed E-state index contributed by atoms with van der Waals surface area (Å²) in [4.78, 5) is 37.5. The highest BCUT2D eigenvalue weighted by atomic mass is 16.2. The molecular weight excluding hydrogens is 418 g/mol. The number of carbonyl (C=O) groups excluding carboxylic acids is 2. The fraction of sp³-hybridized carbons (Fsp3) is 0.375. The van der Waals surface area contributed by atoms with Gasteiger partial charge in [0.1, 0.15) is 11.6 Å². The Morgan fingerprint density at radius 2 is 1.79 bits per heavy atom. The Bertz CT molecular complexity index is 1120. The van der Waals surface area contributed by atoms with E-state index in [0.717, 1.165) is 18.8 Å². The summed E-state index contributed by atoms with van der Waals surface area (Å²) in [6.45, 7) is 8.12. The summed E-state index contributed by atoms with van der Waals surface area (Å²) >= 11 is 0. The monoisotopic (exact) mass is 447 g/mol. The number of rotatable bonds is 5. The minimum absolute atomic E-state index is 0.0336. The molecule has 0 aliphatic carbocycles. The smallest absolute Gasteiger partial charge is 0.256 e. The number of hydrogen-bond acceptors (Lipinski definition) is 6. The van der Waals surface area contributed by atoms with Crippen LogP contribution in [0.15, 0.2) is 54.9 Å². The van der Waals surface area contributed by atoms with Crippen molar-refractivity contribution in [3.05, 3.63) is 60.4 Å². The molecule has 1 aliphatic heterocycles. The average Bonchev–Trinajstić information content (AvgIpc) is 3.29. The normalized spacial score (nSPS) is 16.4. The quantitative estimate of drug-likeness (QED) is 0.598. The molecule has 0 saturated carbocycles. The third kappa shape index (κ3) is 4.72. The first-order chi connectivity index (χ1) is 16.0. The van der Waals surface area contributed by atoms with Crippen LogP contribution in [0.5, 0.6) is 0 Å². The summed E-state index contributed by atoms with van der Waals surface area (Å²) in [5.74, 6) is 1.39. The van der Waals surface area contributed by atoms with Crippen molar-refractivity contribution in [3.8, 4) is 5.69 Å². The summed E-state index contributed by atoms with van der Waals surface area (Å²) in [5.41, 5.74) is 1.24. The summed E-state index contributed by atoms with van der Waals surface area (Å²) in [5, 5.41) is 8.39. The fourth-order valence-electron chi connectivity index (χ4n) is 4.20. The van der Waals surface area contributed by atoms with Crippen molar-refractivity contribution >= 4 is 23.5 Å². The van der Waals surface area contributed by atoms with Gasteiger partial charge in [-0.3, -0.25) is 14.5 Å². The summed E-state index contributed by atoms with van der Waals surface area (Å²) in [7, 11) is 0. The predicted molar refractivity (Wildman–Crippen MR) is 127 cm³/mol. The SMILES string of the molecule is CCN(C(C)=O)c1cccc(N2CC[C@@H](C)N(C(=O)c3ccccc3-n3nccn3)CC2)n1. The molecule has 1 atom stereocenters. The Morgan fingerprint density at radius 3 is 2.52 bits per heavy atom. The van der Waals surface area contributed by atoms with Crippen LogP contribution >= 0.6 is 0 Å². The van der Waals surface area contributed by atoms with E-state index >= 15 is 0 Å². The molecule has 33 heavy (non-hydrogen) atoms. The molecule has 172 valence electrons. The Morgan fingerprint density at radius 1 is 1.03 bits per heavy atom. The van der Waals surface area contributed by atoms with Gasteiger partial charge in [-0.25, -0.2) is 4.98 Å². The van der Waals surface area contributed by atoms with Crippen molar-refractivity contribution in [2.45, 2.75) is 33.2 Å². The lowest BCUT2D eigenvalue weighted by molar-refractivity contribution is -0.116. The number of para-hydroxylation sites is 1. The molecule has 0 unspecified atom stereocenters. The van der Waals surface area contributed by atoms with Gasteiger partial charge in [0, 0.05) is 39.1 Å². The average molecular weight is 448 g/mol. The molecule has 0 N–H and O–H groups in total. The number of amides is 2. The number of anilines is 2. The van der Waals surface area contributed by atoms with Crippen molar-refractivity contribution in [1.82, 2.24) is 24.9 Å². The highest BCUT2D eigenvalue weighted by Crippen LogP contribution is 2.23. The maximum absolute atomic E-state index is 13.6. The van der Waals surface area contributed by atoms with Gasteiger partial charge in [0.15, 0.2) is 0 Å². The maximum atomic E-state index is 13.6. The van der Waals surface area contributed by atoms with Crippen LogP contribution in [0.2, 0.25) is 0 Å². The van der Waals surface area contributed by atoms with Crippen LogP contribution in [0.1, 0.15) is 37.6 Å². The van der Waals surface area contributed by atoms with Crippen molar-refractivity contribution in [3.63, 3.8) is 0 Å². The van der Waals surface area contributed by atoms with Crippen LogP contribution in [0.25, 0.3) is 5.69 Å². The molecule has 2 aromatic heterocycles. The molecule has 0 radical (unpaired) electrons. The molecule has 1 saturated heterocycles. The first-order valence-corrected chi connectivity index (χ1v) is 11.3. The van der Waals surface area contributed by atoms with Crippen LogP contribution in [0.3, 0.4) is 0 Å². The second kappa shape index (κ2) is 9.81. The van der Waals surface area contributed by atoms with Gasteiger partial charge in [0.25, 0.3) is 5.91 Å². The molecule has 9 heteroatoms. The molecular formula is C24H29N7O2. The Hall–Kier alpha value is -3.75. The van der Waals surface area contributed by atoms with Gasteiger partial charge in [-0.05, 0) is 44.5 Å². The largest absolute Gasteiger partial charge is 0.355 e. The molecule has 3 heterocycles. The van der Waals surface area contributed by atoms with Gasteiger partial charge in [-0.2, -0.15) is 15.0 Å². The van der Waals surface area contributed by atoms with Gasteiger partial charge in [0.2, 0.25) is 5.91 Å². The van der Waals surface area contributed by atoms with Gasteiger partial charge in [-0.1, -0.05) is 18.2 Å². The van der Waals surface area contributed by atoms with Crippen LogP contribution in [0, 0.1) is 0 Å². The number of aromatic nitrogens is 4. The standard InChI is InChI=1S/C24H29N7O2/c1-4-29(19(3)32)23-11-7-10-22(27-23)28-15-12-18(2)30(17-16-28)24(33)20-8-5-6-9-21(20)31-25-13-14-26-31/h5-11,13-14,18H,4,12,15-17H2,1-3H3/t18-/m1/s1. The second-order valence-electron chi connectivity index (χ2n) is 8.08. The lowest BCUT2D eigenvalue weighted by Crippen LogP contribution is -2.40. The van der Waals surface area contributed by atoms with Crippen LogP contribution in [0.4, 0.5) is 11.6 Å². The van der Waals surface area contributed by atoms with E-state index in [2.05, 4.69) is 22.0 Å². The minimum Gasteiger partial charge on any atom is -0.355 e. The first-order valence-electron chi connectivity index (χ1n) is 11.3. The molecule has 1 fully saturated rings. The molecule has 1 aromatic carbocycles. The maximum Gasteiger partial charge on any atom is 0.256 e. The fourth-order valence-corrected chi connectivity index (χ4v) is 4.20. The summed E-state index contributed by atoms with van der Waals surface area (Å²) < 4.78 is 0. The van der Waals surface area contributed by atoms with Gasteiger partial charge in [0.05, 0.1) is 23.6 Å². The van der Waals surface area contributed by atoms with E-state index in [1.54, 1.807) is 24.2 Å². The van der Waals surface area contributed by atoms with Gasteiger partial charge >= 0.3 is 0 Å². The topological polar surface area (TPSA) is 87.5 Å². The molecule has 3 aromatic rings. The van der Waals surface area contributed by atoms with E-state index in [1.807, 2.05) is 54.3 Å². The van der Waals surface area contributed by atoms with Crippen LogP contribution in [-0.2, 0) is 4.79 Å². The molecule has 4 rings (SSSR count). The van der Waals surface area contributed by atoms with Crippen molar-refractivity contribution in [2.75, 3.05) is 36.0 Å². The number of nitrogens with zero attached hydrogens (tertiary/aromatic N) is 7. The van der Waals surface area contributed by atoms with Crippen LogP contribution < -0.4 is 9.80 Å². The number of benzene rings is 1. The molecule has 9 nitrogen and oxygen atoms in total. The zero-order chi connectivity index (χ0) is 23.4. The Kier molecular flexibility index (Phi) is 6.67. The molecule has 2 amide bonds. The predicted octanol–water partition coefficient (Wildman–Crippen LogP) is 2.78. The summed E-state index contributed by atoms with van der Waals surface area (Å²) in [6, 6.07) is 13.2. The van der Waals surface area contributed by atoms with Crippen molar-refractivity contribution < 1.29 is 9.59 Å². The number of carbonyl (C=O) groups is 2. The van der Waals surface area contributed by atoms with E-state index in [4.69, 9.17) is 4.98 Å². The highest BCUT2D eigenvalue weighted by molar-refractivity contribution is 5.98. The third-order valence-electron chi connectivity index (χ3n) is 6.01. The van der Waals surface area contributed by atoms with E-state index in [0.29, 0.717) is 36.7 Å². The summed E-state index contributed by atoms with van der Waals surface area (Å²) in [6.07, 6.45) is 4.01. The van der Waals surface area contributed by atoms with E-state index < -0.39 is 0 Å². The lowest BCUT2D eigenvalue weighted by atomic mass is 10.1. The Balaban J connectivity index is 1.54. The number of hydrogen-bond donors (Lipinski definition) is 0. The third-order valence-corrected chi connectivity index (χ3v) is 6.01. The number of pyridine rings is 1. The zero-order valence-corrected chi connectivity index (χ0v) is 19.3. The van der Waals surface area contributed by atoms with Crippen LogP contribution in [-0.4, -0.2) is 68.9 Å². The van der Waals surface area contributed by atoms with Crippen molar-refractivity contribution in [1.29, 1.82) is 0 Å². The lowest BCUT2D eigenvalue weighted by Gasteiger charge is -2.27. The Labute approximate surface area is 193 Å². The van der Waals surface area contributed by atoms with E-state index in [9.17, 15) is 9.59 Å². The van der Waals surface area contributed by atoms with Crippen molar-refractivity contribution in [2.24, 2.45) is 0 Å². The molecule has 0 spiro atoms. The van der Waals surface area contributed by atoms with Gasteiger partial charge in [-0.15, -0.1) is 0 Å². The first kappa shape index (κ1) is 22.4. The zero-order valence-electron chi connectivity index (χ0n) is 19.3. The minimum atomic E-state index is -0.0345. The van der Waals surface area contributed by atoms with E-state index in [-0.39, 0.29) is 17.9 Å².